The van der Waals surface area contributed by atoms with Crippen molar-refractivity contribution in [1.82, 2.24) is 10.3 Å². The summed E-state index contributed by atoms with van der Waals surface area (Å²) in [4.78, 5) is 14.6. The molecule has 0 fully saturated rings. The molecule has 0 spiro atoms. The largest absolute Gasteiger partial charge is 0.497 e. The number of halogens is 1. The summed E-state index contributed by atoms with van der Waals surface area (Å²) in [5, 5.41) is 14.4. The van der Waals surface area contributed by atoms with Crippen LogP contribution in [0, 0.1) is 5.82 Å². The number of carbonyl (C=O) groups excluding carboxylic acids is 1. The number of aromatic amines is 1. The molecule has 27 heavy (non-hydrogen) atoms. The van der Waals surface area contributed by atoms with Gasteiger partial charge >= 0.3 is 6.09 Å². The smallest absolute Gasteiger partial charge is 0.406 e. The molecule has 0 aliphatic heterocycles. The predicted octanol–water partition coefficient (Wildman–Crippen LogP) is 3.30. The van der Waals surface area contributed by atoms with Crippen LogP contribution in [-0.2, 0) is 11.2 Å². The van der Waals surface area contributed by atoms with Gasteiger partial charge in [-0.15, -0.1) is 0 Å². The minimum absolute atomic E-state index is 0.333. The summed E-state index contributed by atoms with van der Waals surface area (Å²) in [6.07, 6.45) is -1.01. The van der Waals surface area contributed by atoms with Gasteiger partial charge in [-0.25, -0.2) is 9.18 Å². The van der Waals surface area contributed by atoms with Crippen LogP contribution in [0.4, 0.5) is 9.18 Å². The van der Waals surface area contributed by atoms with E-state index in [2.05, 4.69) is 15.0 Å². The molecule has 142 valence electrons. The van der Waals surface area contributed by atoms with E-state index >= 15 is 0 Å². The number of fused-ring (bicyclic) bond motifs is 1. The van der Waals surface area contributed by atoms with Gasteiger partial charge in [-0.2, -0.15) is 0 Å². The van der Waals surface area contributed by atoms with Crippen LogP contribution >= 0.6 is 0 Å². The van der Waals surface area contributed by atoms with Gasteiger partial charge in [0.15, 0.2) is 0 Å². The van der Waals surface area contributed by atoms with Crippen molar-refractivity contribution >= 4 is 17.0 Å². The zero-order valence-electron chi connectivity index (χ0n) is 15.1. The van der Waals surface area contributed by atoms with Gasteiger partial charge in [0.1, 0.15) is 17.7 Å². The predicted molar refractivity (Wildman–Crippen MR) is 99.4 cm³/mol. The Morgan fingerprint density at radius 3 is 2.63 bits per heavy atom. The number of carbonyl (C=O) groups is 1. The quantitative estimate of drug-likeness (QED) is 0.620. The van der Waals surface area contributed by atoms with Crippen LogP contribution < -0.4 is 10.1 Å². The Bertz CT molecular complexity index is 937. The number of hydrogen-bond acceptors (Lipinski definition) is 4. The second-order valence-corrected chi connectivity index (χ2v) is 6.05. The highest BCUT2D eigenvalue weighted by molar-refractivity contribution is 5.86. The topological polar surface area (TPSA) is 83.6 Å². The molecule has 0 aliphatic rings. The third-order valence-electron chi connectivity index (χ3n) is 4.44. The molecule has 3 N–H and O–H groups in total. The lowest BCUT2D eigenvalue weighted by Crippen LogP contribution is -2.25. The zero-order valence-corrected chi connectivity index (χ0v) is 15.1. The van der Waals surface area contributed by atoms with Crippen molar-refractivity contribution in [2.24, 2.45) is 0 Å². The van der Waals surface area contributed by atoms with E-state index in [0.29, 0.717) is 30.0 Å². The molecule has 6 nitrogen and oxygen atoms in total. The van der Waals surface area contributed by atoms with Crippen LogP contribution in [-0.4, -0.2) is 36.9 Å². The SMILES string of the molecule is COC(=O)NCCc1c(C(O)c2ccc(F)cc2)[nH]c2ccc(OC)cc12. The summed E-state index contributed by atoms with van der Waals surface area (Å²) in [6.45, 7) is 0.333. The number of H-pyrrole nitrogens is 1. The lowest BCUT2D eigenvalue weighted by atomic mass is 10.00. The number of benzene rings is 2. The number of aliphatic hydroxyl groups excluding tert-OH is 1. The van der Waals surface area contributed by atoms with Crippen molar-refractivity contribution in [3.8, 4) is 5.75 Å². The Balaban J connectivity index is 2.00. The van der Waals surface area contributed by atoms with Gasteiger partial charge in [-0.1, -0.05) is 12.1 Å². The average molecular weight is 372 g/mol. The van der Waals surface area contributed by atoms with Gasteiger partial charge in [0.05, 0.1) is 19.9 Å². The third-order valence-corrected chi connectivity index (χ3v) is 4.44. The molecule has 1 aromatic heterocycles. The maximum atomic E-state index is 13.2. The molecule has 0 saturated heterocycles. The number of nitrogens with one attached hydrogen (secondary N) is 2. The van der Waals surface area contributed by atoms with Crippen LogP contribution in [0.1, 0.15) is 22.9 Å². The zero-order chi connectivity index (χ0) is 19.4. The van der Waals surface area contributed by atoms with E-state index in [9.17, 15) is 14.3 Å². The van der Waals surface area contributed by atoms with Crippen LogP contribution in [0.5, 0.6) is 5.75 Å². The van der Waals surface area contributed by atoms with Crippen molar-refractivity contribution in [3.05, 3.63) is 65.1 Å². The van der Waals surface area contributed by atoms with E-state index in [1.54, 1.807) is 19.2 Å². The number of ether oxygens (including phenoxy) is 2. The number of alkyl carbamates (subject to hydrolysis) is 1. The van der Waals surface area contributed by atoms with E-state index in [1.807, 2.05) is 18.2 Å². The summed E-state index contributed by atoms with van der Waals surface area (Å²) >= 11 is 0. The average Bonchev–Trinajstić information content (AvgIpc) is 3.05. The number of methoxy groups -OCH3 is 2. The second-order valence-electron chi connectivity index (χ2n) is 6.05. The van der Waals surface area contributed by atoms with Gasteiger partial charge in [0.2, 0.25) is 0 Å². The monoisotopic (exact) mass is 372 g/mol. The molecule has 0 saturated carbocycles. The Morgan fingerprint density at radius 2 is 1.96 bits per heavy atom. The van der Waals surface area contributed by atoms with Crippen molar-refractivity contribution in [1.29, 1.82) is 0 Å². The van der Waals surface area contributed by atoms with E-state index < -0.39 is 12.2 Å². The van der Waals surface area contributed by atoms with Gasteiger partial charge in [0, 0.05) is 17.4 Å². The molecular formula is C20H21FN2O4. The van der Waals surface area contributed by atoms with Gasteiger partial charge in [-0.05, 0) is 47.9 Å². The van der Waals surface area contributed by atoms with Gasteiger partial charge in [0.25, 0.3) is 0 Å². The molecule has 0 aliphatic carbocycles. The molecular weight excluding hydrogens is 351 g/mol. The second kappa shape index (κ2) is 8.09. The van der Waals surface area contributed by atoms with Crippen LogP contribution in [0.15, 0.2) is 42.5 Å². The maximum Gasteiger partial charge on any atom is 0.406 e. The molecule has 7 heteroatoms. The van der Waals surface area contributed by atoms with Crippen molar-refractivity contribution in [2.45, 2.75) is 12.5 Å². The highest BCUT2D eigenvalue weighted by atomic mass is 19.1. The summed E-state index contributed by atoms with van der Waals surface area (Å²) in [6, 6.07) is 11.3. The highest BCUT2D eigenvalue weighted by Gasteiger charge is 2.20. The lowest BCUT2D eigenvalue weighted by molar-refractivity contribution is 0.171. The molecule has 0 bridgehead atoms. The molecule has 1 amide bonds. The fourth-order valence-electron chi connectivity index (χ4n) is 3.05. The number of aromatic nitrogens is 1. The number of hydrogen-bond donors (Lipinski definition) is 3. The molecule has 1 heterocycles. The van der Waals surface area contributed by atoms with Crippen LogP contribution in [0.25, 0.3) is 10.9 Å². The number of amides is 1. The van der Waals surface area contributed by atoms with Crippen molar-refractivity contribution < 1.29 is 23.8 Å². The molecule has 3 aromatic rings. The summed E-state index contributed by atoms with van der Waals surface area (Å²) in [5.74, 6) is 0.321. The fourth-order valence-corrected chi connectivity index (χ4v) is 3.05. The van der Waals surface area contributed by atoms with Gasteiger partial charge < -0.3 is 24.9 Å². The highest BCUT2D eigenvalue weighted by Crippen LogP contribution is 2.32. The van der Waals surface area contributed by atoms with Crippen LogP contribution in [0.3, 0.4) is 0 Å². The summed E-state index contributed by atoms with van der Waals surface area (Å²) in [7, 11) is 2.89. The van der Waals surface area contributed by atoms with Crippen molar-refractivity contribution in [2.75, 3.05) is 20.8 Å². The summed E-state index contributed by atoms with van der Waals surface area (Å²) in [5.41, 5.74) is 2.84. The van der Waals surface area contributed by atoms with E-state index in [4.69, 9.17) is 4.74 Å². The maximum absolute atomic E-state index is 13.2. The molecule has 2 aromatic carbocycles. The van der Waals surface area contributed by atoms with Crippen molar-refractivity contribution in [3.63, 3.8) is 0 Å². The molecule has 3 rings (SSSR count). The number of rotatable bonds is 6. The summed E-state index contributed by atoms with van der Waals surface area (Å²) < 4.78 is 23.1. The molecule has 1 unspecified atom stereocenters. The van der Waals surface area contributed by atoms with E-state index in [1.165, 1.54) is 19.2 Å². The first-order chi connectivity index (χ1) is 13.0. The fraction of sp³-hybridized carbons (Fsp3) is 0.250. The minimum Gasteiger partial charge on any atom is -0.497 e. The first-order valence-corrected chi connectivity index (χ1v) is 8.47. The third kappa shape index (κ3) is 4.03. The van der Waals surface area contributed by atoms with E-state index in [-0.39, 0.29) is 5.82 Å². The van der Waals surface area contributed by atoms with E-state index in [0.717, 1.165) is 16.5 Å². The van der Waals surface area contributed by atoms with Gasteiger partial charge in [-0.3, -0.25) is 0 Å². The Morgan fingerprint density at radius 1 is 1.22 bits per heavy atom. The lowest BCUT2D eigenvalue weighted by Gasteiger charge is -2.13. The molecule has 1 atom stereocenters. The van der Waals surface area contributed by atoms with Crippen LogP contribution in [0.2, 0.25) is 0 Å². The first-order valence-electron chi connectivity index (χ1n) is 8.47. The molecule has 0 radical (unpaired) electrons. The Hall–Kier alpha value is -3.06. The Kier molecular flexibility index (Phi) is 5.61. The first kappa shape index (κ1) is 18.7. The number of aliphatic hydroxyl groups is 1. The minimum atomic E-state index is -0.961. The standard InChI is InChI=1S/C20H21FN2O4/c1-26-14-7-8-17-16(11-14)15(9-10-22-20(25)27-2)18(23-17)19(24)12-3-5-13(21)6-4-12/h3-8,11,19,23-24H,9-10H2,1-2H3,(H,22,25). The normalized spacial score (nSPS) is 12.0. The Labute approximate surface area is 155 Å².